The fraction of sp³-hybridized carbons (Fsp3) is 0.465. The van der Waals surface area contributed by atoms with Gasteiger partial charge < -0.3 is 14.4 Å². The zero-order chi connectivity index (χ0) is 82.6. The first kappa shape index (κ1) is 91.8. The van der Waals surface area contributed by atoms with E-state index in [9.17, 15) is 22.4 Å². The van der Waals surface area contributed by atoms with Crippen LogP contribution in [0.25, 0.3) is 0 Å². The van der Waals surface area contributed by atoms with Crippen molar-refractivity contribution in [2.75, 3.05) is 18.1 Å². The Hall–Kier alpha value is -8.84. The first-order chi connectivity index (χ1) is 50.8. The number of alkyl halides is 3. The average molecular weight is 1500 g/mol. The van der Waals surface area contributed by atoms with Crippen molar-refractivity contribution in [3.8, 4) is 42.3 Å². The molecule has 590 valence electrons. The van der Waals surface area contributed by atoms with E-state index >= 15 is 0 Å². The number of hydrogen-bond acceptors (Lipinski definition) is 4. The van der Waals surface area contributed by atoms with Crippen LogP contribution in [0.3, 0.4) is 0 Å². The number of rotatable bonds is 8. The molecule has 1 heterocycles. The summed E-state index contributed by atoms with van der Waals surface area (Å²) in [6.07, 6.45) is 16.4. The van der Waals surface area contributed by atoms with Gasteiger partial charge in [0, 0.05) is 43.1 Å². The third-order valence-electron chi connectivity index (χ3n) is 19.5. The summed E-state index contributed by atoms with van der Waals surface area (Å²) in [5.74, 6) is 5.29. The maximum absolute atomic E-state index is 13.5. The molecule has 110 heavy (non-hydrogen) atoms. The smallest absolute Gasteiger partial charge is 0.255 e. The van der Waals surface area contributed by atoms with Crippen molar-refractivity contribution < 1.29 is 31.8 Å². The van der Waals surface area contributed by atoms with Gasteiger partial charge in [-0.15, -0.1) is 12.8 Å². The number of terminal acetylenes is 2. The predicted octanol–water partition coefficient (Wildman–Crippen LogP) is 27.5. The van der Waals surface area contributed by atoms with Crippen LogP contribution >= 0.6 is 0 Å². The lowest BCUT2D eigenvalue weighted by molar-refractivity contribution is -0.117. The van der Waals surface area contributed by atoms with Gasteiger partial charge in [0.2, 0.25) is 12.3 Å². The molecule has 4 aliphatic rings. The van der Waals surface area contributed by atoms with Gasteiger partial charge in [0.05, 0.1) is 24.2 Å². The minimum absolute atomic E-state index is 0.0145. The first-order valence-electron chi connectivity index (χ1n) is 39.3. The van der Waals surface area contributed by atoms with Crippen LogP contribution in [-0.4, -0.2) is 31.3 Å². The molecule has 4 fully saturated rings. The second kappa shape index (κ2) is 38.9. The molecule has 0 aromatic heterocycles. The number of anilines is 1. The third kappa shape index (κ3) is 31.1. The molecular weight excluding hydrogens is 1370 g/mol. The van der Waals surface area contributed by atoms with E-state index in [0.717, 1.165) is 76.2 Å². The van der Waals surface area contributed by atoms with Crippen LogP contribution in [0.15, 0.2) is 188 Å². The molecule has 1 amide bonds. The molecule has 0 N–H and O–H groups in total. The Morgan fingerprint density at radius 3 is 1.37 bits per heavy atom. The second-order valence-corrected chi connectivity index (χ2v) is 37.9. The van der Waals surface area contributed by atoms with Crippen molar-refractivity contribution in [1.29, 1.82) is 5.26 Å². The van der Waals surface area contributed by atoms with Gasteiger partial charge >= 0.3 is 0 Å². The topological polar surface area (TPSA) is 62.6 Å². The lowest BCUT2D eigenvalue weighted by atomic mass is 9.84. The zero-order valence-corrected chi connectivity index (χ0v) is 71.4. The molecule has 8 aromatic rings. The number of nitriles is 1. The molecule has 9 heteroatoms. The fourth-order valence-electron chi connectivity index (χ4n) is 11.8. The Bertz CT molecular complexity index is 4360. The van der Waals surface area contributed by atoms with Crippen molar-refractivity contribution in [2.24, 2.45) is 5.92 Å². The highest BCUT2D eigenvalue weighted by atomic mass is 19.3. The van der Waals surface area contributed by atoms with Crippen LogP contribution in [0.4, 0.5) is 23.2 Å². The molecule has 5 nitrogen and oxygen atoms in total. The van der Waals surface area contributed by atoms with E-state index in [4.69, 9.17) is 27.6 Å². The lowest BCUT2D eigenvalue weighted by Crippen LogP contribution is -2.24. The van der Waals surface area contributed by atoms with Gasteiger partial charge in [0.25, 0.3) is 5.92 Å². The summed E-state index contributed by atoms with van der Waals surface area (Å²) in [5, 5.41) is 8.83. The van der Waals surface area contributed by atoms with Gasteiger partial charge in [-0.1, -0.05) is 293 Å². The fourth-order valence-corrected chi connectivity index (χ4v) is 11.8. The molecular formula is C101H130F4N2O3. The minimum Gasteiger partial charge on any atom is -0.493 e. The molecule has 1 saturated heterocycles. The summed E-state index contributed by atoms with van der Waals surface area (Å²) in [5.41, 5.74) is 16.4. The van der Waals surface area contributed by atoms with Crippen LogP contribution < -0.4 is 14.4 Å². The van der Waals surface area contributed by atoms with Crippen molar-refractivity contribution in [3.63, 3.8) is 0 Å². The van der Waals surface area contributed by atoms with Gasteiger partial charge in [-0.05, 0) is 216 Å². The van der Waals surface area contributed by atoms with E-state index in [1.807, 2.05) is 105 Å². The van der Waals surface area contributed by atoms with Gasteiger partial charge in [0.1, 0.15) is 17.3 Å². The molecule has 0 spiro atoms. The van der Waals surface area contributed by atoms with Crippen LogP contribution in [-0.2, 0) is 48.1 Å². The third-order valence-corrected chi connectivity index (χ3v) is 19.5. The second-order valence-electron chi connectivity index (χ2n) is 37.9. The Kier molecular flexibility index (Phi) is 32.4. The van der Waals surface area contributed by atoms with Gasteiger partial charge in [-0.2, -0.15) is 5.26 Å². The number of nitrogens with zero attached hydrogens (tertiary/aromatic N) is 2. The Morgan fingerprint density at radius 1 is 0.482 bits per heavy atom. The van der Waals surface area contributed by atoms with Crippen LogP contribution in [0.2, 0.25) is 0 Å². The Balaban J connectivity index is 0.000000226. The van der Waals surface area contributed by atoms with Gasteiger partial charge in [-0.25, -0.2) is 17.6 Å². The van der Waals surface area contributed by atoms with Gasteiger partial charge in [-0.3, -0.25) is 4.79 Å². The van der Waals surface area contributed by atoms with E-state index < -0.39 is 18.2 Å². The van der Waals surface area contributed by atoms with E-state index in [-0.39, 0.29) is 56.1 Å². The zero-order valence-electron chi connectivity index (χ0n) is 71.4. The number of halogens is 4. The molecule has 2 unspecified atom stereocenters. The van der Waals surface area contributed by atoms with Crippen LogP contribution in [0, 0.1) is 47.8 Å². The summed E-state index contributed by atoms with van der Waals surface area (Å²) in [4.78, 5) is 13.6. The van der Waals surface area contributed by atoms with E-state index in [0.29, 0.717) is 23.1 Å². The van der Waals surface area contributed by atoms with Crippen LogP contribution in [0.5, 0.6) is 11.5 Å². The van der Waals surface area contributed by atoms with Crippen molar-refractivity contribution in [3.05, 3.63) is 266 Å². The highest BCUT2D eigenvalue weighted by molar-refractivity contribution is 5.95. The quantitative estimate of drug-likeness (QED) is 0.112. The molecule has 0 bridgehead atoms. The van der Waals surface area contributed by atoms with Crippen molar-refractivity contribution in [1.82, 2.24) is 0 Å². The highest BCUT2D eigenvalue weighted by Crippen LogP contribution is 2.56. The van der Waals surface area contributed by atoms with E-state index in [1.165, 1.54) is 72.6 Å². The summed E-state index contributed by atoms with van der Waals surface area (Å²) in [7, 11) is 0. The van der Waals surface area contributed by atoms with Crippen molar-refractivity contribution in [2.45, 2.75) is 285 Å². The molecule has 1 aliphatic heterocycles. The molecule has 3 aliphatic carbocycles. The number of hydrogen-bond donors (Lipinski definition) is 0. The Labute approximate surface area is 662 Å². The number of amides is 1. The standard InChI is InChI=1S/C14H19NO.C14H20O.C13H16F2.C13H18.C12H16F2O.2C12H14.C11H13N/c1-14(2,3)11-6-4-7-12(10-11)15-9-5-8-13(15)16;1-14(2,3)12-5-4-6-13(9-12)15-10-11-7-8-11;1-12(2,3)10-6-4-5-9(7-10)11-8-13(11,14)15;1-13(2,3)12-6-4-5-11(9-12)10-7-8-10;1-8(13)15-9-5-6-11(14)10(7-9)12(2,3)4;1-5-10-6-8-11(9-7-10)12(2,3)4;1-5-10-7-6-8-11(9-10)12(2,3)4;1-11(2,3)10-7-5-4-6-9(10)8-12/h4,6-7,10H,5,8-9H2,1-3H3;4-6,9,11H,7-8,10H2,1-3H3;4-7,11H,8H2,1-3H3;4-6,9-10H,7-8H2,1-3H3;5-8H,1-4H3;2*1,6-9H,2-4H3;4-7H,1-3H3. The highest BCUT2D eigenvalue weighted by Gasteiger charge is 2.57. The molecule has 3 saturated carbocycles. The summed E-state index contributed by atoms with van der Waals surface area (Å²) < 4.78 is 62.5. The SMILES string of the molecule is C#Cc1ccc(C(C)(C)C)cc1.C#Cc1cccc(C(C)(C)C)c1.CC(C)(C)c1cccc(C2CC2(F)F)c1.CC(C)(C)c1cccc(C2CC2)c1.CC(C)(C)c1cccc(N2CCCC2=O)c1.CC(C)(C)c1cccc(OCC2CC2)c1.CC(C)(C)c1ccccc1C#N.CC(F)Oc1ccc(F)c(C(C)(C)C)c1. The lowest BCUT2D eigenvalue weighted by Gasteiger charge is -2.22. The largest absolute Gasteiger partial charge is 0.493 e. The molecule has 2 atom stereocenters. The molecule has 8 aromatic carbocycles. The molecule has 12 rings (SSSR count). The maximum atomic E-state index is 13.5. The maximum Gasteiger partial charge on any atom is 0.255 e. The van der Waals surface area contributed by atoms with Gasteiger partial charge in [0.15, 0.2) is 0 Å². The van der Waals surface area contributed by atoms with E-state index in [2.05, 4.69) is 248 Å². The minimum atomic E-state index is -2.46. The number of carbonyl (C=O) groups excluding carboxylic acids is 1. The number of carbonyl (C=O) groups is 1. The summed E-state index contributed by atoms with van der Waals surface area (Å²) >= 11 is 0. The van der Waals surface area contributed by atoms with Crippen molar-refractivity contribution >= 4 is 11.6 Å². The normalized spacial score (nSPS) is 15.5. The summed E-state index contributed by atoms with van der Waals surface area (Å²) in [6, 6.07) is 64.1. The number of benzene rings is 8. The summed E-state index contributed by atoms with van der Waals surface area (Å²) in [6.45, 7) is 54.6. The number of ether oxygens (including phenoxy) is 2. The Morgan fingerprint density at radius 2 is 0.936 bits per heavy atom. The predicted molar refractivity (Wildman–Crippen MR) is 457 cm³/mol. The molecule has 0 radical (unpaired) electrons. The van der Waals surface area contributed by atoms with Crippen LogP contribution in [0.1, 0.15) is 302 Å². The van der Waals surface area contributed by atoms with E-state index in [1.54, 1.807) is 17.7 Å². The monoisotopic (exact) mass is 1500 g/mol. The average Bonchev–Trinajstić information content (AvgIpc) is 1.61. The first-order valence-corrected chi connectivity index (χ1v) is 39.3.